The Morgan fingerprint density at radius 1 is 1.39 bits per heavy atom. The summed E-state index contributed by atoms with van der Waals surface area (Å²) in [5, 5.41) is 18.7. The number of nitrogens with zero attached hydrogens (tertiary/aromatic N) is 1. The highest BCUT2D eigenvalue weighted by Crippen LogP contribution is 2.44. The minimum atomic E-state index is -0.808. The molecule has 0 aliphatic heterocycles. The van der Waals surface area contributed by atoms with Gasteiger partial charge in [0.05, 0.1) is 17.9 Å². The van der Waals surface area contributed by atoms with Crippen molar-refractivity contribution in [2.45, 2.75) is 37.5 Å². The van der Waals surface area contributed by atoms with Crippen molar-refractivity contribution in [1.82, 2.24) is 0 Å². The van der Waals surface area contributed by atoms with Crippen LogP contribution in [0.2, 0.25) is 0 Å². The monoisotopic (exact) mass is 243 g/mol. The fourth-order valence-corrected chi connectivity index (χ4v) is 3.06. The molecule has 1 aromatic carbocycles. The van der Waals surface area contributed by atoms with Crippen LogP contribution in [-0.2, 0) is 10.2 Å². The van der Waals surface area contributed by atoms with Gasteiger partial charge in [-0.15, -0.1) is 0 Å². The van der Waals surface area contributed by atoms with Crippen LogP contribution in [0.25, 0.3) is 0 Å². The number of aliphatic carboxylic acids is 1. The topological polar surface area (TPSA) is 61.1 Å². The van der Waals surface area contributed by atoms with Crippen molar-refractivity contribution in [3.05, 3.63) is 35.9 Å². The van der Waals surface area contributed by atoms with Crippen LogP contribution in [0.5, 0.6) is 0 Å². The van der Waals surface area contributed by atoms with Gasteiger partial charge in [0, 0.05) is 0 Å². The molecule has 2 unspecified atom stereocenters. The van der Waals surface area contributed by atoms with Crippen LogP contribution in [0, 0.1) is 17.2 Å². The summed E-state index contributed by atoms with van der Waals surface area (Å²) in [5.74, 6) is -0.881. The average molecular weight is 243 g/mol. The van der Waals surface area contributed by atoms with E-state index in [1.54, 1.807) is 0 Å². The molecule has 0 spiro atoms. The second-order valence-electron chi connectivity index (χ2n) is 4.99. The first-order valence-electron chi connectivity index (χ1n) is 6.37. The smallest absolute Gasteiger partial charge is 0.303 e. The highest BCUT2D eigenvalue weighted by atomic mass is 16.4. The largest absolute Gasteiger partial charge is 0.481 e. The average Bonchev–Trinajstić information content (AvgIpc) is 2.40. The lowest BCUT2D eigenvalue weighted by Crippen LogP contribution is -2.38. The molecule has 2 rings (SSSR count). The van der Waals surface area contributed by atoms with Crippen molar-refractivity contribution >= 4 is 5.97 Å². The Hall–Kier alpha value is -1.82. The van der Waals surface area contributed by atoms with Crippen molar-refractivity contribution in [3.63, 3.8) is 0 Å². The lowest BCUT2D eigenvalue weighted by atomic mass is 9.62. The fourth-order valence-electron chi connectivity index (χ4n) is 3.06. The van der Waals surface area contributed by atoms with Crippen LogP contribution in [0.3, 0.4) is 0 Å². The molecule has 1 aliphatic rings. The van der Waals surface area contributed by atoms with Gasteiger partial charge in [-0.05, 0) is 24.3 Å². The molecule has 0 bridgehead atoms. The predicted octanol–water partition coefficient (Wildman–Crippen LogP) is 3.11. The lowest BCUT2D eigenvalue weighted by Gasteiger charge is -2.38. The fraction of sp³-hybridized carbons (Fsp3) is 0.467. The summed E-state index contributed by atoms with van der Waals surface area (Å²) in [6, 6.07) is 12.1. The van der Waals surface area contributed by atoms with Gasteiger partial charge in [0.25, 0.3) is 0 Å². The van der Waals surface area contributed by atoms with Crippen LogP contribution in [0.4, 0.5) is 0 Å². The molecular weight excluding hydrogens is 226 g/mol. The maximum atomic E-state index is 11.0. The number of rotatable bonds is 3. The molecule has 2 atom stereocenters. The first kappa shape index (κ1) is 12.6. The van der Waals surface area contributed by atoms with E-state index in [1.807, 2.05) is 30.3 Å². The van der Waals surface area contributed by atoms with E-state index in [0.717, 1.165) is 31.2 Å². The van der Waals surface area contributed by atoms with E-state index in [4.69, 9.17) is 5.11 Å². The molecule has 0 heterocycles. The molecule has 1 N–H and O–H groups in total. The van der Waals surface area contributed by atoms with E-state index in [2.05, 4.69) is 6.07 Å². The molecule has 94 valence electrons. The Kier molecular flexibility index (Phi) is 3.66. The molecule has 0 amide bonds. The maximum absolute atomic E-state index is 11.0. The van der Waals surface area contributed by atoms with E-state index in [9.17, 15) is 10.1 Å². The van der Waals surface area contributed by atoms with E-state index in [-0.39, 0.29) is 12.3 Å². The molecular formula is C15H17NO2. The Morgan fingerprint density at radius 3 is 2.72 bits per heavy atom. The zero-order chi connectivity index (χ0) is 13.0. The minimum Gasteiger partial charge on any atom is -0.481 e. The van der Waals surface area contributed by atoms with Gasteiger partial charge in [0.15, 0.2) is 0 Å². The summed E-state index contributed by atoms with van der Waals surface area (Å²) in [6.07, 6.45) is 3.70. The molecule has 1 fully saturated rings. The Bertz CT molecular complexity index is 463. The van der Waals surface area contributed by atoms with Crippen LogP contribution in [0.1, 0.15) is 37.7 Å². The quantitative estimate of drug-likeness (QED) is 0.887. The van der Waals surface area contributed by atoms with E-state index >= 15 is 0 Å². The van der Waals surface area contributed by atoms with Gasteiger partial charge in [-0.25, -0.2) is 0 Å². The number of carbonyl (C=O) groups is 1. The van der Waals surface area contributed by atoms with Gasteiger partial charge in [-0.2, -0.15) is 5.26 Å². The first-order chi connectivity index (χ1) is 8.69. The van der Waals surface area contributed by atoms with Crippen molar-refractivity contribution in [3.8, 4) is 6.07 Å². The van der Waals surface area contributed by atoms with Gasteiger partial charge in [0.2, 0.25) is 0 Å². The van der Waals surface area contributed by atoms with Crippen LogP contribution >= 0.6 is 0 Å². The molecule has 1 aliphatic carbocycles. The molecule has 3 nitrogen and oxygen atoms in total. The summed E-state index contributed by atoms with van der Waals surface area (Å²) in [7, 11) is 0. The van der Waals surface area contributed by atoms with Gasteiger partial charge in [-0.3, -0.25) is 4.79 Å². The van der Waals surface area contributed by atoms with Crippen molar-refractivity contribution < 1.29 is 9.90 Å². The molecule has 18 heavy (non-hydrogen) atoms. The Morgan fingerprint density at radius 2 is 2.11 bits per heavy atom. The number of carboxylic acids is 1. The third kappa shape index (κ3) is 2.24. The number of nitriles is 1. The Balaban J connectivity index is 2.39. The molecule has 1 saturated carbocycles. The summed E-state index contributed by atoms with van der Waals surface area (Å²) < 4.78 is 0. The second kappa shape index (κ2) is 5.22. The number of hydrogen-bond donors (Lipinski definition) is 1. The number of carboxylic acid groups (broad SMARTS) is 1. The Labute approximate surface area is 107 Å². The maximum Gasteiger partial charge on any atom is 0.303 e. The zero-order valence-electron chi connectivity index (χ0n) is 10.3. The van der Waals surface area contributed by atoms with Crippen LogP contribution < -0.4 is 0 Å². The summed E-state index contributed by atoms with van der Waals surface area (Å²) >= 11 is 0. The molecule has 0 radical (unpaired) electrons. The number of hydrogen-bond acceptors (Lipinski definition) is 2. The summed E-state index contributed by atoms with van der Waals surface area (Å²) in [6.45, 7) is 0. The second-order valence-corrected chi connectivity index (χ2v) is 4.99. The number of benzene rings is 1. The third-order valence-electron chi connectivity index (χ3n) is 3.98. The van der Waals surface area contributed by atoms with Gasteiger partial charge >= 0.3 is 5.97 Å². The summed E-state index contributed by atoms with van der Waals surface area (Å²) in [4.78, 5) is 11.0. The molecule has 0 saturated heterocycles. The van der Waals surface area contributed by atoms with E-state index in [1.165, 1.54) is 0 Å². The van der Waals surface area contributed by atoms with Crippen molar-refractivity contribution in [1.29, 1.82) is 5.26 Å². The highest BCUT2D eigenvalue weighted by Gasteiger charge is 2.43. The molecule has 1 aromatic rings. The SMILES string of the molecule is N#CC1(c2ccccc2)CCCCC1CC(=O)O. The van der Waals surface area contributed by atoms with E-state index < -0.39 is 11.4 Å². The van der Waals surface area contributed by atoms with Crippen LogP contribution in [-0.4, -0.2) is 11.1 Å². The van der Waals surface area contributed by atoms with E-state index in [0.29, 0.717) is 0 Å². The van der Waals surface area contributed by atoms with Gasteiger partial charge in [-0.1, -0.05) is 43.2 Å². The highest BCUT2D eigenvalue weighted by molar-refractivity contribution is 5.67. The summed E-state index contributed by atoms with van der Waals surface area (Å²) in [5.41, 5.74) is 0.358. The third-order valence-corrected chi connectivity index (χ3v) is 3.98. The lowest BCUT2D eigenvalue weighted by molar-refractivity contribution is -0.138. The van der Waals surface area contributed by atoms with Gasteiger partial charge in [0.1, 0.15) is 0 Å². The standard InChI is InChI=1S/C15H17NO2/c16-11-15(12-6-2-1-3-7-12)9-5-4-8-13(15)10-14(17)18/h1-3,6-7,13H,4-5,8-10H2,(H,17,18). The van der Waals surface area contributed by atoms with Crippen LogP contribution in [0.15, 0.2) is 30.3 Å². The molecule has 3 heteroatoms. The minimum absolute atomic E-state index is 0.0730. The van der Waals surface area contributed by atoms with Crippen molar-refractivity contribution in [2.75, 3.05) is 0 Å². The molecule has 0 aromatic heterocycles. The normalized spacial score (nSPS) is 27.4. The predicted molar refractivity (Wildman–Crippen MR) is 67.9 cm³/mol. The first-order valence-corrected chi connectivity index (χ1v) is 6.37. The zero-order valence-corrected chi connectivity index (χ0v) is 10.3. The van der Waals surface area contributed by atoms with Gasteiger partial charge < -0.3 is 5.11 Å². The van der Waals surface area contributed by atoms with Crippen molar-refractivity contribution in [2.24, 2.45) is 5.92 Å².